The molecule has 4 rings (SSSR count). The lowest BCUT2D eigenvalue weighted by Gasteiger charge is -2.45. The Bertz CT molecular complexity index is 1040. The Kier molecular flexibility index (Phi) is 5.06. The van der Waals surface area contributed by atoms with Crippen molar-refractivity contribution < 1.29 is 10.2 Å². The van der Waals surface area contributed by atoms with E-state index in [1.54, 1.807) is 0 Å². The summed E-state index contributed by atoms with van der Waals surface area (Å²) in [5, 5.41) is 25.0. The number of hydrogen-bond acceptors (Lipinski definition) is 2. The van der Waals surface area contributed by atoms with Gasteiger partial charge in [-0.2, -0.15) is 0 Å². The van der Waals surface area contributed by atoms with E-state index in [0.717, 1.165) is 5.56 Å². The first-order valence-corrected chi connectivity index (χ1v) is 9.76. The summed E-state index contributed by atoms with van der Waals surface area (Å²) in [5.41, 5.74) is 0.0438. The van der Waals surface area contributed by atoms with Crippen LogP contribution in [-0.4, -0.2) is 10.2 Å². The van der Waals surface area contributed by atoms with Crippen LogP contribution in [0.1, 0.15) is 27.8 Å². The minimum atomic E-state index is -1.71. The van der Waals surface area contributed by atoms with E-state index in [9.17, 15) is 10.2 Å². The van der Waals surface area contributed by atoms with Crippen LogP contribution in [0.3, 0.4) is 0 Å². The van der Waals surface area contributed by atoms with Gasteiger partial charge in [0.25, 0.3) is 0 Å². The first kappa shape index (κ1) is 19.1. The fourth-order valence-electron chi connectivity index (χ4n) is 4.16. The maximum Gasteiger partial charge on any atom is 0.152 e. The van der Waals surface area contributed by atoms with Gasteiger partial charge in [0.15, 0.2) is 11.2 Å². The van der Waals surface area contributed by atoms with E-state index in [4.69, 9.17) is 0 Å². The molecule has 2 N–H and O–H groups in total. The number of hydrogen-bond donors (Lipinski definition) is 2. The van der Waals surface area contributed by atoms with Crippen LogP contribution in [-0.2, 0) is 11.2 Å². The van der Waals surface area contributed by atoms with Crippen molar-refractivity contribution in [3.63, 3.8) is 0 Å². The largest absolute Gasteiger partial charge is 0.377 e. The molecule has 1 unspecified atom stereocenters. The lowest BCUT2D eigenvalue weighted by Crippen LogP contribution is -2.51. The molecule has 0 heterocycles. The standard InChI is InChI=1S/C27H24O2/c1-21-13-11-12-20-25(21)27(29,24-18-9-4-10-19-24)26(28,22-14-5-2-6-15-22)23-16-7-3-8-17-23/h2-20,28-29H,1H3. The maximum absolute atomic E-state index is 12.5. The van der Waals surface area contributed by atoms with Gasteiger partial charge in [-0.1, -0.05) is 115 Å². The quantitative estimate of drug-likeness (QED) is 0.502. The van der Waals surface area contributed by atoms with Gasteiger partial charge in [0.2, 0.25) is 0 Å². The van der Waals surface area contributed by atoms with Crippen LogP contribution in [0.5, 0.6) is 0 Å². The first-order chi connectivity index (χ1) is 14.1. The average molecular weight is 380 g/mol. The fraction of sp³-hybridized carbons (Fsp3) is 0.111. The van der Waals surface area contributed by atoms with Gasteiger partial charge in [-0.05, 0) is 34.7 Å². The van der Waals surface area contributed by atoms with E-state index in [0.29, 0.717) is 22.3 Å². The predicted octanol–water partition coefficient (Wildman–Crippen LogP) is 5.17. The molecular formula is C27H24O2. The van der Waals surface area contributed by atoms with Gasteiger partial charge in [-0.25, -0.2) is 0 Å². The summed E-state index contributed by atoms with van der Waals surface area (Å²) in [6.45, 7) is 1.96. The Morgan fingerprint density at radius 3 is 1.21 bits per heavy atom. The molecule has 1 atom stereocenters. The molecule has 0 bridgehead atoms. The van der Waals surface area contributed by atoms with Crippen LogP contribution in [0.2, 0.25) is 0 Å². The molecule has 2 heteroatoms. The van der Waals surface area contributed by atoms with Crippen LogP contribution in [0.4, 0.5) is 0 Å². The summed E-state index contributed by atoms with van der Waals surface area (Å²) in [7, 11) is 0. The number of rotatable bonds is 5. The van der Waals surface area contributed by atoms with Crippen molar-refractivity contribution in [3.8, 4) is 0 Å². The van der Waals surface area contributed by atoms with E-state index in [1.165, 1.54) is 0 Å². The smallest absolute Gasteiger partial charge is 0.152 e. The third-order valence-electron chi connectivity index (χ3n) is 5.63. The van der Waals surface area contributed by atoms with Crippen molar-refractivity contribution in [3.05, 3.63) is 143 Å². The summed E-state index contributed by atoms with van der Waals surface area (Å²) in [6.07, 6.45) is 0. The maximum atomic E-state index is 12.5. The molecule has 0 aliphatic carbocycles. The van der Waals surface area contributed by atoms with Crippen molar-refractivity contribution >= 4 is 0 Å². The molecule has 4 aromatic carbocycles. The fourth-order valence-corrected chi connectivity index (χ4v) is 4.16. The number of aliphatic hydroxyl groups is 2. The summed E-state index contributed by atoms with van der Waals surface area (Å²) in [4.78, 5) is 0. The average Bonchev–Trinajstić information content (AvgIpc) is 2.80. The van der Waals surface area contributed by atoms with Crippen molar-refractivity contribution in [2.24, 2.45) is 0 Å². The highest BCUT2D eigenvalue weighted by atomic mass is 16.4. The van der Waals surface area contributed by atoms with E-state index >= 15 is 0 Å². The van der Waals surface area contributed by atoms with Gasteiger partial charge in [0, 0.05) is 0 Å². The van der Waals surface area contributed by atoms with Crippen molar-refractivity contribution in [2.45, 2.75) is 18.1 Å². The van der Waals surface area contributed by atoms with Gasteiger partial charge in [-0.3, -0.25) is 0 Å². The molecule has 4 aromatic rings. The highest BCUT2D eigenvalue weighted by Gasteiger charge is 2.54. The molecule has 29 heavy (non-hydrogen) atoms. The minimum absolute atomic E-state index is 0.626. The molecule has 144 valence electrons. The summed E-state index contributed by atoms with van der Waals surface area (Å²) < 4.78 is 0. The molecule has 0 aromatic heterocycles. The molecule has 0 saturated carbocycles. The molecule has 2 nitrogen and oxygen atoms in total. The van der Waals surface area contributed by atoms with E-state index < -0.39 is 11.2 Å². The van der Waals surface area contributed by atoms with Gasteiger partial charge >= 0.3 is 0 Å². The Labute approximate surface area is 171 Å². The summed E-state index contributed by atoms with van der Waals surface area (Å²) in [5.74, 6) is 0. The third kappa shape index (κ3) is 3.07. The Morgan fingerprint density at radius 2 is 0.793 bits per heavy atom. The molecule has 0 aliphatic heterocycles. The van der Waals surface area contributed by atoms with Gasteiger partial charge in [0.05, 0.1) is 0 Å². The van der Waals surface area contributed by atoms with E-state index in [1.807, 2.05) is 122 Å². The molecule has 0 fully saturated rings. The number of benzene rings is 4. The van der Waals surface area contributed by atoms with Crippen molar-refractivity contribution in [2.75, 3.05) is 0 Å². The second-order valence-electron chi connectivity index (χ2n) is 7.33. The van der Waals surface area contributed by atoms with E-state index in [-0.39, 0.29) is 0 Å². The second-order valence-corrected chi connectivity index (χ2v) is 7.33. The zero-order valence-electron chi connectivity index (χ0n) is 16.4. The normalized spacial score (nSPS) is 13.6. The zero-order valence-corrected chi connectivity index (χ0v) is 16.4. The number of aryl methyl sites for hydroxylation is 1. The molecule has 0 amide bonds. The third-order valence-corrected chi connectivity index (χ3v) is 5.63. The zero-order chi connectivity index (χ0) is 20.3. The van der Waals surface area contributed by atoms with Crippen LogP contribution in [0, 0.1) is 6.92 Å². The first-order valence-electron chi connectivity index (χ1n) is 9.76. The van der Waals surface area contributed by atoms with Crippen molar-refractivity contribution in [1.82, 2.24) is 0 Å². The van der Waals surface area contributed by atoms with Crippen molar-refractivity contribution in [1.29, 1.82) is 0 Å². The Morgan fingerprint density at radius 1 is 0.448 bits per heavy atom. The molecule has 0 radical (unpaired) electrons. The summed E-state index contributed by atoms with van der Waals surface area (Å²) in [6, 6.07) is 35.9. The topological polar surface area (TPSA) is 40.5 Å². The SMILES string of the molecule is Cc1ccccc1C(O)(c1ccccc1)C(O)(c1ccccc1)c1ccccc1. The highest BCUT2D eigenvalue weighted by molar-refractivity contribution is 5.52. The molecule has 0 aliphatic rings. The van der Waals surface area contributed by atoms with Crippen LogP contribution < -0.4 is 0 Å². The predicted molar refractivity (Wildman–Crippen MR) is 117 cm³/mol. The Hall–Kier alpha value is -3.20. The lowest BCUT2D eigenvalue weighted by atomic mass is 9.65. The molecule has 0 spiro atoms. The molecular weight excluding hydrogens is 356 g/mol. The lowest BCUT2D eigenvalue weighted by molar-refractivity contribution is -0.113. The second kappa shape index (κ2) is 7.67. The van der Waals surface area contributed by atoms with Crippen LogP contribution in [0.25, 0.3) is 0 Å². The monoisotopic (exact) mass is 380 g/mol. The van der Waals surface area contributed by atoms with Gasteiger partial charge < -0.3 is 10.2 Å². The van der Waals surface area contributed by atoms with Gasteiger partial charge in [0.1, 0.15) is 0 Å². The summed E-state index contributed by atoms with van der Waals surface area (Å²) >= 11 is 0. The Balaban J connectivity index is 2.12. The van der Waals surface area contributed by atoms with Crippen LogP contribution in [0.15, 0.2) is 115 Å². The van der Waals surface area contributed by atoms with Gasteiger partial charge in [-0.15, -0.1) is 0 Å². The van der Waals surface area contributed by atoms with E-state index in [2.05, 4.69) is 0 Å². The highest BCUT2D eigenvalue weighted by Crippen LogP contribution is 2.50. The minimum Gasteiger partial charge on any atom is -0.377 e. The molecule has 0 saturated heterocycles. The van der Waals surface area contributed by atoms with Crippen LogP contribution >= 0.6 is 0 Å².